The average Bonchev–Trinajstić information content (AvgIpc) is 2.48. The highest BCUT2D eigenvalue weighted by Gasteiger charge is 2.16. The fraction of sp³-hybridized carbons (Fsp3) is 0.647. The molecule has 0 saturated heterocycles. The Bertz CT molecular complexity index is 377. The third-order valence-electron chi connectivity index (χ3n) is 3.87. The van der Waals surface area contributed by atoms with Crippen molar-refractivity contribution in [3.8, 4) is 5.75 Å². The lowest BCUT2D eigenvalue weighted by Crippen LogP contribution is -2.24. The van der Waals surface area contributed by atoms with Crippen LogP contribution in [-0.2, 0) is 0 Å². The van der Waals surface area contributed by atoms with Crippen molar-refractivity contribution in [2.75, 3.05) is 6.54 Å². The van der Waals surface area contributed by atoms with Crippen LogP contribution >= 0.6 is 0 Å². The van der Waals surface area contributed by atoms with Crippen LogP contribution in [0.4, 0.5) is 8.78 Å². The zero-order chi connectivity index (χ0) is 15.7. The Labute approximate surface area is 126 Å². The molecule has 4 heteroatoms. The van der Waals surface area contributed by atoms with Gasteiger partial charge in [-0.2, -0.15) is 8.78 Å². The molecule has 1 rings (SSSR count). The first-order valence-electron chi connectivity index (χ1n) is 7.88. The standard InChI is InChI=1S/C17H27F2NO/c1-4-11-20-16(12-13(5-2)6-3)14-7-9-15(10-8-14)21-17(18)19/h7-10,13,16-17,20H,4-6,11-12H2,1-3H3. The van der Waals surface area contributed by atoms with E-state index in [4.69, 9.17) is 0 Å². The third-order valence-corrected chi connectivity index (χ3v) is 3.87. The van der Waals surface area contributed by atoms with Gasteiger partial charge in [0.25, 0.3) is 0 Å². The van der Waals surface area contributed by atoms with E-state index in [1.807, 2.05) is 12.1 Å². The van der Waals surface area contributed by atoms with Crippen molar-refractivity contribution in [1.29, 1.82) is 0 Å². The Morgan fingerprint density at radius 3 is 2.14 bits per heavy atom. The topological polar surface area (TPSA) is 21.3 Å². The van der Waals surface area contributed by atoms with Crippen molar-refractivity contribution in [3.63, 3.8) is 0 Å². The molecule has 1 aromatic carbocycles. The van der Waals surface area contributed by atoms with Gasteiger partial charge in [-0.05, 0) is 43.0 Å². The molecule has 2 nitrogen and oxygen atoms in total. The summed E-state index contributed by atoms with van der Waals surface area (Å²) in [5, 5.41) is 3.56. The molecule has 1 N–H and O–H groups in total. The van der Waals surface area contributed by atoms with Gasteiger partial charge in [-0.25, -0.2) is 0 Å². The Kier molecular flexibility index (Phi) is 8.28. The molecule has 0 spiro atoms. The van der Waals surface area contributed by atoms with Crippen molar-refractivity contribution in [2.45, 2.75) is 59.1 Å². The van der Waals surface area contributed by atoms with Gasteiger partial charge in [-0.1, -0.05) is 45.7 Å². The Morgan fingerprint density at radius 1 is 1.05 bits per heavy atom. The number of ether oxygens (including phenoxy) is 1. The van der Waals surface area contributed by atoms with Crippen molar-refractivity contribution in [1.82, 2.24) is 5.32 Å². The second-order valence-corrected chi connectivity index (χ2v) is 5.37. The largest absolute Gasteiger partial charge is 0.435 e. The van der Waals surface area contributed by atoms with Crippen LogP contribution < -0.4 is 10.1 Å². The van der Waals surface area contributed by atoms with Crippen molar-refractivity contribution >= 4 is 0 Å². The van der Waals surface area contributed by atoms with E-state index in [-0.39, 0.29) is 11.8 Å². The summed E-state index contributed by atoms with van der Waals surface area (Å²) in [5.41, 5.74) is 1.14. The lowest BCUT2D eigenvalue weighted by atomic mass is 9.91. The fourth-order valence-electron chi connectivity index (χ4n) is 2.49. The minimum atomic E-state index is -2.77. The van der Waals surface area contributed by atoms with E-state index in [2.05, 4.69) is 30.8 Å². The first-order chi connectivity index (χ1) is 10.1. The number of halogens is 2. The van der Waals surface area contributed by atoms with E-state index in [0.29, 0.717) is 5.92 Å². The van der Waals surface area contributed by atoms with Crippen LogP contribution in [0.2, 0.25) is 0 Å². The lowest BCUT2D eigenvalue weighted by molar-refractivity contribution is -0.0498. The number of benzene rings is 1. The molecule has 21 heavy (non-hydrogen) atoms. The number of rotatable bonds is 10. The Balaban J connectivity index is 2.76. The minimum absolute atomic E-state index is 0.213. The smallest absolute Gasteiger partial charge is 0.387 e. The number of hydrogen-bond donors (Lipinski definition) is 1. The van der Waals surface area contributed by atoms with Gasteiger partial charge < -0.3 is 10.1 Å². The van der Waals surface area contributed by atoms with E-state index in [0.717, 1.165) is 37.8 Å². The highest BCUT2D eigenvalue weighted by molar-refractivity contribution is 5.29. The summed E-state index contributed by atoms with van der Waals surface area (Å²) in [6.45, 7) is 4.75. The van der Waals surface area contributed by atoms with Crippen molar-refractivity contribution in [3.05, 3.63) is 29.8 Å². The van der Waals surface area contributed by atoms with Crippen LogP contribution in [-0.4, -0.2) is 13.2 Å². The van der Waals surface area contributed by atoms with Gasteiger partial charge in [-0.15, -0.1) is 0 Å². The predicted octanol–water partition coefficient (Wildman–Crippen LogP) is 5.16. The molecule has 0 saturated carbocycles. The molecule has 1 aromatic rings. The van der Waals surface area contributed by atoms with Gasteiger partial charge in [0.15, 0.2) is 0 Å². The highest BCUT2D eigenvalue weighted by Crippen LogP contribution is 2.27. The fourth-order valence-corrected chi connectivity index (χ4v) is 2.49. The van der Waals surface area contributed by atoms with Crippen LogP contribution in [0.1, 0.15) is 58.1 Å². The van der Waals surface area contributed by atoms with Crippen molar-refractivity contribution in [2.24, 2.45) is 5.92 Å². The molecule has 120 valence electrons. The molecule has 0 aliphatic heterocycles. The molecule has 0 heterocycles. The zero-order valence-corrected chi connectivity index (χ0v) is 13.2. The number of nitrogens with one attached hydrogen (secondary N) is 1. The van der Waals surface area contributed by atoms with E-state index >= 15 is 0 Å². The zero-order valence-electron chi connectivity index (χ0n) is 13.2. The van der Waals surface area contributed by atoms with Crippen LogP contribution in [0, 0.1) is 5.92 Å². The maximum Gasteiger partial charge on any atom is 0.387 e. The monoisotopic (exact) mass is 299 g/mol. The SMILES string of the molecule is CCCNC(CC(CC)CC)c1ccc(OC(F)F)cc1. The molecule has 0 aromatic heterocycles. The van der Waals surface area contributed by atoms with Crippen LogP contribution in [0.3, 0.4) is 0 Å². The van der Waals surface area contributed by atoms with Gasteiger partial charge in [0.2, 0.25) is 0 Å². The molecule has 0 aliphatic carbocycles. The summed E-state index contributed by atoms with van der Waals surface area (Å²) in [4.78, 5) is 0. The van der Waals surface area contributed by atoms with E-state index in [9.17, 15) is 8.78 Å². The molecular formula is C17H27F2NO. The molecular weight excluding hydrogens is 272 g/mol. The van der Waals surface area contributed by atoms with E-state index in [1.165, 1.54) is 0 Å². The van der Waals surface area contributed by atoms with Gasteiger partial charge in [0.05, 0.1) is 0 Å². The summed E-state index contributed by atoms with van der Waals surface area (Å²) in [6, 6.07) is 7.28. The lowest BCUT2D eigenvalue weighted by Gasteiger charge is -2.24. The maximum atomic E-state index is 12.2. The summed E-state index contributed by atoms with van der Waals surface area (Å²) in [6.07, 6.45) is 4.47. The quantitative estimate of drug-likeness (QED) is 0.644. The normalized spacial score (nSPS) is 12.9. The predicted molar refractivity (Wildman–Crippen MR) is 82.8 cm³/mol. The molecule has 0 bridgehead atoms. The summed E-state index contributed by atoms with van der Waals surface area (Å²) in [7, 11) is 0. The molecule has 1 atom stereocenters. The first kappa shape index (κ1) is 17.9. The van der Waals surface area contributed by atoms with Crippen molar-refractivity contribution < 1.29 is 13.5 Å². The Morgan fingerprint density at radius 2 is 1.67 bits per heavy atom. The van der Waals surface area contributed by atoms with Crippen LogP contribution in [0.15, 0.2) is 24.3 Å². The molecule has 0 fully saturated rings. The number of alkyl halides is 2. The first-order valence-corrected chi connectivity index (χ1v) is 7.88. The van der Waals surface area contributed by atoms with Gasteiger partial charge in [-0.3, -0.25) is 0 Å². The van der Waals surface area contributed by atoms with Crippen LogP contribution in [0.5, 0.6) is 5.75 Å². The van der Waals surface area contributed by atoms with E-state index in [1.54, 1.807) is 12.1 Å². The Hall–Kier alpha value is -1.16. The summed E-state index contributed by atoms with van der Waals surface area (Å²) >= 11 is 0. The number of hydrogen-bond acceptors (Lipinski definition) is 2. The van der Waals surface area contributed by atoms with Gasteiger partial charge in [0, 0.05) is 6.04 Å². The minimum Gasteiger partial charge on any atom is -0.435 e. The maximum absolute atomic E-state index is 12.2. The highest BCUT2D eigenvalue weighted by atomic mass is 19.3. The average molecular weight is 299 g/mol. The molecule has 1 unspecified atom stereocenters. The van der Waals surface area contributed by atoms with Crippen LogP contribution in [0.25, 0.3) is 0 Å². The second-order valence-electron chi connectivity index (χ2n) is 5.37. The molecule has 0 radical (unpaired) electrons. The molecule has 0 aliphatic rings. The van der Waals surface area contributed by atoms with Gasteiger partial charge in [0.1, 0.15) is 5.75 Å². The van der Waals surface area contributed by atoms with Gasteiger partial charge >= 0.3 is 6.61 Å². The summed E-state index contributed by atoms with van der Waals surface area (Å²) < 4.78 is 28.8. The van der Waals surface area contributed by atoms with E-state index < -0.39 is 6.61 Å². The second kappa shape index (κ2) is 9.72. The summed E-state index contributed by atoms with van der Waals surface area (Å²) in [5.74, 6) is 0.891. The third kappa shape index (κ3) is 6.42. The molecule has 0 amide bonds.